The van der Waals surface area contributed by atoms with Crippen molar-refractivity contribution in [1.29, 1.82) is 0 Å². The van der Waals surface area contributed by atoms with Crippen LogP contribution in [0.25, 0.3) is 0 Å². The first-order valence-electron chi connectivity index (χ1n) is 7.59. The summed E-state index contributed by atoms with van der Waals surface area (Å²) in [6.07, 6.45) is -4.16. The van der Waals surface area contributed by atoms with E-state index in [1.165, 1.54) is 12.1 Å². The molecule has 1 N–H and O–H groups in total. The van der Waals surface area contributed by atoms with Gasteiger partial charge in [-0.1, -0.05) is 18.2 Å². The van der Waals surface area contributed by atoms with Gasteiger partial charge in [-0.25, -0.2) is 0 Å². The summed E-state index contributed by atoms with van der Waals surface area (Å²) in [7, 11) is 1.69. The quantitative estimate of drug-likeness (QED) is 0.924. The van der Waals surface area contributed by atoms with Crippen molar-refractivity contribution in [1.82, 2.24) is 0 Å². The van der Waals surface area contributed by atoms with Crippen LogP contribution >= 0.6 is 0 Å². The van der Waals surface area contributed by atoms with Gasteiger partial charge in [0.15, 0.2) is 0 Å². The van der Waals surface area contributed by atoms with E-state index in [2.05, 4.69) is 5.32 Å². The molecule has 4 nitrogen and oxygen atoms in total. The van der Waals surface area contributed by atoms with Crippen molar-refractivity contribution in [2.75, 3.05) is 17.3 Å². The van der Waals surface area contributed by atoms with Gasteiger partial charge in [0.1, 0.15) is 0 Å². The van der Waals surface area contributed by atoms with E-state index in [0.29, 0.717) is 5.56 Å². The first kappa shape index (κ1) is 17.0. The highest BCUT2D eigenvalue weighted by Crippen LogP contribution is 2.31. The van der Waals surface area contributed by atoms with Crippen LogP contribution in [-0.2, 0) is 28.6 Å². The summed E-state index contributed by atoms with van der Waals surface area (Å²) in [6, 6.07) is 9.78. The van der Waals surface area contributed by atoms with Crippen LogP contribution in [0, 0.1) is 0 Å². The monoisotopic (exact) mass is 348 g/mol. The lowest BCUT2D eigenvalue weighted by molar-refractivity contribution is -0.137. The molecule has 1 heterocycles. The number of carbonyl (C=O) groups excluding carboxylic acids is 2. The minimum Gasteiger partial charge on any atom is -0.326 e. The van der Waals surface area contributed by atoms with Gasteiger partial charge < -0.3 is 10.2 Å². The lowest BCUT2D eigenvalue weighted by atomic mass is 10.1. The Bertz CT molecular complexity index is 846. The van der Waals surface area contributed by atoms with Gasteiger partial charge in [0.25, 0.3) is 0 Å². The zero-order chi connectivity index (χ0) is 18.2. The van der Waals surface area contributed by atoms with Crippen LogP contribution < -0.4 is 10.2 Å². The van der Waals surface area contributed by atoms with E-state index >= 15 is 0 Å². The summed E-state index contributed by atoms with van der Waals surface area (Å²) in [5.41, 5.74) is 1.63. The Morgan fingerprint density at radius 2 is 1.96 bits per heavy atom. The van der Waals surface area contributed by atoms with Gasteiger partial charge in [-0.3, -0.25) is 9.59 Å². The van der Waals surface area contributed by atoms with E-state index in [4.69, 9.17) is 0 Å². The molecule has 130 valence electrons. The fraction of sp³-hybridized carbons (Fsp3) is 0.222. The smallest absolute Gasteiger partial charge is 0.326 e. The van der Waals surface area contributed by atoms with Crippen LogP contribution in [-0.4, -0.2) is 18.9 Å². The molecule has 0 unspecified atom stereocenters. The third-order valence-electron chi connectivity index (χ3n) is 4.06. The first-order chi connectivity index (χ1) is 11.7. The van der Waals surface area contributed by atoms with E-state index in [-0.39, 0.29) is 24.4 Å². The highest BCUT2D eigenvalue weighted by atomic mass is 19.4. The average Bonchev–Trinajstić information content (AvgIpc) is 2.81. The van der Waals surface area contributed by atoms with E-state index in [0.717, 1.165) is 23.4 Å². The maximum Gasteiger partial charge on any atom is 0.416 e. The number of anilines is 2. The number of fused-ring (bicyclic) bond motifs is 1. The normalized spacial score (nSPS) is 13.8. The Balaban J connectivity index is 1.70. The molecule has 0 bridgehead atoms. The zero-order valence-corrected chi connectivity index (χ0v) is 13.4. The van der Waals surface area contributed by atoms with Crippen molar-refractivity contribution in [2.45, 2.75) is 19.0 Å². The number of likely N-dealkylation sites (N-methyl/N-ethyl adjacent to an activating group) is 1. The van der Waals surface area contributed by atoms with Gasteiger partial charge in [0, 0.05) is 18.4 Å². The second-order valence-corrected chi connectivity index (χ2v) is 5.90. The van der Waals surface area contributed by atoms with Gasteiger partial charge in [0.05, 0.1) is 18.4 Å². The maximum atomic E-state index is 12.7. The summed E-state index contributed by atoms with van der Waals surface area (Å²) >= 11 is 0. The molecule has 7 heteroatoms. The predicted molar refractivity (Wildman–Crippen MR) is 87.3 cm³/mol. The lowest BCUT2D eigenvalue weighted by Gasteiger charge is -2.11. The molecule has 0 saturated heterocycles. The number of rotatable bonds is 3. The summed E-state index contributed by atoms with van der Waals surface area (Å²) < 4.78 is 38.1. The highest BCUT2D eigenvalue weighted by Gasteiger charge is 2.30. The molecule has 0 aliphatic carbocycles. The third kappa shape index (κ3) is 3.65. The maximum absolute atomic E-state index is 12.7. The Hall–Kier alpha value is -2.83. The number of hydrogen-bond acceptors (Lipinski definition) is 2. The second kappa shape index (κ2) is 6.23. The summed E-state index contributed by atoms with van der Waals surface area (Å²) in [5, 5.41) is 2.47. The number of halogens is 3. The van der Waals surface area contributed by atoms with Crippen molar-refractivity contribution in [3.8, 4) is 0 Å². The number of carbonyl (C=O) groups is 2. The summed E-state index contributed by atoms with van der Waals surface area (Å²) in [6.45, 7) is 0. The molecule has 0 saturated carbocycles. The van der Waals surface area contributed by atoms with Crippen LogP contribution in [0.3, 0.4) is 0 Å². The number of alkyl halides is 3. The molecule has 2 amide bonds. The predicted octanol–water partition coefficient (Wildman–Crippen LogP) is 3.41. The minimum absolute atomic E-state index is 0.0134. The van der Waals surface area contributed by atoms with Crippen molar-refractivity contribution in [3.63, 3.8) is 0 Å². The van der Waals surface area contributed by atoms with E-state index in [1.54, 1.807) is 30.1 Å². The zero-order valence-electron chi connectivity index (χ0n) is 13.4. The molecule has 2 aromatic rings. The summed E-state index contributed by atoms with van der Waals surface area (Å²) in [4.78, 5) is 25.3. The fourth-order valence-corrected chi connectivity index (χ4v) is 2.80. The minimum atomic E-state index is -4.46. The third-order valence-corrected chi connectivity index (χ3v) is 4.06. The topological polar surface area (TPSA) is 49.4 Å². The van der Waals surface area contributed by atoms with Gasteiger partial charge in [-0.05, 0) is 35.4 Å². The summed E-state index contributed by atoms with van der Waals surface area (Å²) in [5.74, 6) is -0.433. The second-order valence-electron chi connectivity index (χ2n) is 5.90. The molecule has 25 heavy (non-hydrogen) atoms. The van der Waals surface area contributed by atoms with Crippen LogP contribution in [0.4, 0.5) is 24.5 Å². The SMILES string of the molecule is CN1C(=O)Cc2cc(CC(=O)Nc3cccc(C(F)(F)F)c3)ccc21. The van der Waals surface area contributed by atoms with Gasteiger partial charge in [-0.2, -0.15) is 13.2 Å². The lowest BCUT2D eigenvalue weighted by Crippen LogP contribution is -2.20. The van der Waals surface area contributed by atoms with E-state index in [1.807, 2.05) is 0 Å². The number of amides is 2. The molecule has 3 rings (SSSR count). The Labute approximate surface area is 142 Å². The van der Waals surface area contributed by atoms with Gasteiger partial charge in [0.2, 0.25) is 11.8 Å². The highest BCUT2D eigenvalue weighted by molar-refractivity contribution is 6.01. The molecule has 1 aliphatic heterocycles. The van der Waals surface area contributed by atoms with E-state index in [9.17, 15) is 22.8 Å². The average molecular weight is 348 g/mol. The van der Waals surface area contributed by atoms with Crippen LogP contribution in [0.1, 0.15) is 16.7 Å². The van der Waals surface area contributed by atoms with Crippen molar-refractivity contribution in [2.24, 2.45) is 0 Å². The standard InChI is InChI=1S/C18H15F3N2O2/c1-23-15-6-5-11(7-12(15)9-17(23)25)8-16(24)22-14-4-2-3-13(10-14)18(19,20)21/h2-7,10H,8-9H2,1H3,(H,22,24). The molecule has 0 fully saturated rings. The van der Waals surface area contributed by atoms with Crippen molar-refractivity contribution >= 4 is 23.2 Å². The number of nitrogens with zero attached hydrogens (tertiary/aromatic N) is 1. The molecule has 2 aromatic carbocycles. The largest absolute Gasteiger partial charge is 0.416 e. The molecule has 0 spiro atoms. The number of hydrogen-bond donors (Lipinski definition) is 1. The number of benzene rings is 2. The van der Waals surface area contributed by atoms with Crippen LogP contribution in [0.15, 0.2) is 42.5 Å². The van der Waals surface area contributed by atoms with Crippen molar-refractivity contribution in [3.05, 3.63) is 59.2 Å². The Morgan fingerprint density at radius 3 is 2.68 bits per heavy atom. The molecule has 0 atom stereocenters. The Morgan fingerprint density at radius 1 is 1.20 bits per heavy atom. The first-order valence-corrected chi connectivity index (χ1v) is 7.59. The molecule has 0 aromatic heterocycles. The Kier molecular flexibility index (Phi) is 4.24. The van der Waals surface area contributed by atoms with E-state index < -0.39 is 17.6 Å². The van der Waals surface area contributed by atoms with Crippen LogP contribution in [0.2, 0.25) is 0 Å². The molecule has 1 aliphatic rings. The van der Waals surface area contributed by atoms with Crippen LogP contribution in [0.5, 0.6) is 0 Å². The number of nitrogens with one attached hydrogen (secondary N) is 1. The molecular formula is C18H15F3N2O2. The molecular weight excluding hydrogens is 333 g/mol. The fourth-order valence-electron chi connectivity index (χ4n) is 2.80. The van der Waals surface area contributed by atoms with Gasteiger partial charge >= 0.3 is 6.18 Å². The van der Waals surface area contributed by atoms with Crippen molar-refractivity contribution < 1.29 is 22.8 Å². The van der Waals surface area contributed by atoms with Gasteiger partial charge in [-0.15, -0.1) is 0 Å². The molecule has 0 radical (unpaired) electrons.